The molecule has 2 unspecified atom stereocenters. The van der Waals surface area contributed by atoms with E-state index in [0.29, 0.717) is 30.6 Å². The third kappa shape index (κ3) is 5.46. The molecule has 0 saturated carbocycles. The molecule has 0 heterocycles. The lowest BCUT2D eigenvalue weighted by Crippen LogP contribution is -2.25. The summed E-state index contributed by atoms with van der Waals surface area (Å²) in [6, 6.07) is 4.99. The van der Waals surface area contributed by atoms with Gasteiger partial charge in [-0.2, -0.15) is 8.78 Å². The summed E-state index contributed by atoms with van der Waals surface area (Å²) in [5, 5.41) is 8.98. The number of benzene rings is 1. The van der Waals surface area contributed by atoms with E-state index in [2.05, 4.69) is 0 Å². The lowest BCUT2D eigenvalue weighted by Gasteiger charge is -2.28. The van der Waals surface area contributed by atoms with Crippen molar-refractivity contribution in [2.24, 2.45) is 11.8 Å². The minimum atomic E-state index is -1.81. The maximum Gasteiger partial charge on any atom is 0.266 e. The molecule has 0 fully saturated rings. The Labute approximate surface area is 144 Å². The van der Waals surface area contributed by atoms with Gasteiger partial charge in [-0.1, -0.05) is 12.1 Å². The van der Waals surface area contributed by atoms with Gasteiger partial charge in [-0.05, 0) is 55.9 Å². The normalized spacial score (nSPS) is 20.2. The van der Waals surface area contributed by atoms with Crippen molar-refractivity contribution in [1.29, 1.82) is 0 Å². The van der Waals surface area contributed by atoms with E-state index in [9.17, 15) is 18.0 Å². The van der Waals surface area contributed by atoms with Crippen molar-refractivity contribution in [1.82, 2.24) is 0 Å². The summed E-state index contributed by atoms with van der Waals surface area (Å²) in [5.74, 6) is -1.04. The molecule has 1 N–H and O–H groups in total. The number of aliphatic hydroxyl groups excluding tert-OH is 1. The molecule has 0 bridgehead atoms. The van der Waals surface area contributed by atoms with Crippen LogP contribution in [0, 0.1) is 24.6 Å². The van der Waals surface area contributed by atoms with Gasteiger partial charge < -0.3 is 9.84 Å². The maximum atomic E-state index is 14.0. The summed E-state index contributed by atoms with van der Waals surface area (Å²) in [5.41, 5.74) is 1.38. The molecule has 6 heteroatoms. The van der Waals surface area contributed by atoms with Crippen molar-refractivity contribution in [3.63, 3.8) is 0 Å². The number of ketones is 1. The van der Waals surface area contributed by atoms with Gasteiger partial charge >= 0.3 is 0 Å². The number of hydrogen-bond acceptors (Lipinski definition) is 3. The molecule has 0 aliphatic heterocycles. The number of ether oxygens (including phenoxy) is 1. The first-order valence-electron chi connectivity index (χ1n) is 8.16. The summed E-state index contributed by atoms with van der Waals surface area (Å²) in [6.45, 7) is 1.23. The molecule has 3 nitrogen and oxygen atoms in total. The molecular weight excluding hydrogens is 333 g/mol. The second-order valence-corrected chi connectivity index (χ2v) is 6.22. The molecule has 0 spiro atoms. The Morgan fingerprint density at radius 3 is 2.76 bits per heavy atom. The molecule has 0 saturated heterocycles. The number of hydrogen-bond donors (Lipinski definition) is 1. The molecule has 0 aromatic heterocycles. The van der Waals surface area contributed by atoms with Gasteiger partial charge in [0.05, 0.1) is 0 Å². The van der Waals surface area contributed by atoms with Crippen molar-refractivity contribution >= 4 is 5.78 Å². The highest BCUT2D eigenvalue weighted by Gasteiger charge is 2.30. The SMILES string of the molecule is Cc1ccc(CCC2CC(CC=C(F)F)C(=O)C=C2OCO)c(F)c1. The third-order valence-electron chi connectivity index (χ3n) is 4.42. The maximum absolute atomic E-state index is 14.0. The van der Waals surface area contributed by atoms with Gasteiger partial charge in [0.15, 0.2) is 12.6 Å². The van der Waals surface area contributed by atoms with Gasteiger partial charge in [0.1, 0.15) is 11.6 Å². The Morgan fingerprint density at radius 1 is 1.36 bits per heavy atom. The lowest BCUT2D eigenvalue weighted by atomic mass is 9.80. The fourth-order valence-corrected chi connectivity index (χ4v) is 3.07. The van der Waals surface area contributed by atoms with Crippen molar-refractivity contribution in [2.75, 3.05) is 6.79 Å². The Hall–Kier alpha value is -2.08. The van der Waals surface area contributed by atoms with Crippen LogP contribution in [0.4, 0.5) is 13.2 Å². The fraction of sp³-hybridized carbons (Fsp3) is 0.421. The predicted molar refractivity (Wildman–Crippen MR) is 87.2 cm³/mol. The predicted octanol–water partition coefficient (Wildman–Crippen LogP) is 4.29. The van der Waals surface area contributed by atoms with E-state index in [0.717, 1.165) is 11.6 Å². The van der Waals surface area contributed by atoms with E-state index in [1.807, 2.05) is 6.07 Å². The number of carbonyl (C=O) groups is 1. The smallest absolute Gasteiger partial charge is 0.266 e. The van der Waals surface area contributed by atoms with Crippen LogP contribution in [0.1, 0.15) is 30.4 Å². The molecule has 25 heavy (non-hydrogen) atoms. The molecular formula is C19H21F3O3. The fourth-order valence-electron chi connectivity index (χ4n) is 3.07. The molecule has 0 amide bonds. The number of carbonyl (C=O) groups excluding carboxylic acids is 1. The Morgan fingerprint density at radius 2 is 2.12 bits per heavy atom. The van der Waals surface area contributed by atoms with E-state index in [4.69, 9.17) is 9.84 Å². The van der Waals surface area contributed by atoms with Gasteiger partial charge in [-0.25, -0.2) is 4.39 Å². The van der Waals surface area contributed by atoms with Gasteiger partial charge in [-0.3, -0.25) is 4.79 Å². The highest BCUT2D eigenvalue weighted by Crippen LogP contribution is 2.33. The van der Waals surface area contributed by atoms with Gasteiger partial charge in [0.25, 0.3) is 6.08 Å². The first kappa shape index (κ1) is 19.2. The Balaban J connectivity index is 2.10. The molecule has 136 valence electrons. The number of aliphatic hydroxyl groups is 1. The van der Waals surface area contributed by atoms with E-state index >= 15 is 0 Å². The molecule has 1 aliphatic carbocycles. The van der Waals surface area contributed by atoms with Crippen molar-refractivity contribution < 1.29 is 27.8 Å². The molecule has 1 aliphatic rings. The second kappa shape index (κ2) is 8.85. The van der Waals surface area contributed by atoms with Crippen LogP contribution >= 0.6 is 0 Å². The average Bonchev–Trinajstić information content (AvgIpc) is 2.54. The molecule has 2 rings (SSSR count). The molecule has 2 atom stereocenters. The third-order valence-corrected chi connectivity index (χ3v) is 4.42. The van der Waals surface area contributed by atoms with E-state index in [1.165, 1.54) is 12.1 Å². The minimum absolute atomic E-state index is 0.0422. The van der Waals surface area contributed by atoms with Crippen LogP contribution in [0.3, 0.4) is 0 Å². The van der Waals surface area contributed by atoms with Crippen LogP contribution in [-0.4, -0.2) is 17.7 Å². The van der Waals surface area contributed by atoms with Gasteiger partial charge in [0, 0.05) is 17.9 Å². The first-order chi connectivity index (χ1) is 11.9. The van der Waals surface area contributed by atoms with Gasteiger partial charge in [0.2, 0.25) is 0 Å². The van der Waals surface area contributed by atoms with Crippen LogP contribution in [0.25, 0.3) is 0 Å². The Bertz CT molecular complexity index is 678. The summed E-state index contributed by atoms with van der Waals surface area (Å²) in [4.78, 5) is 12.0. The number of aryl methyl sites for hydroxylation is 2. The van der Waals surface area contributed by atoms with Crippen LogP contribution in [-0.2, 0) is 16.0 Å². The van der Waals surface area contributed by atoms with E-state index in [-0.39, 0.29) is 23.9 Å². The summed E-state index contributed by atoms with van der Waals surface area (Å²) in [7, 11) is 0. The zero-order chi connectivity index (χ0) is 18.4. The van der Waals surface area contributed by atoms with E-state index in [1.54, 1.807) is 13.0 Å². The summed E-state index contributed by atoms with van der Waals surface area (Å²) < 4.78 is 43.7. The molecule has 1 aromatic rings. The van der Waals surface area contributed by atoms with E-state index < -0.39 is 18.8 Å². The van der Waals surface area contributed by atoms with Crippen molar-refractivity contribution in [2.45, 2.75) is 32.6 Å². The number of allylic oxidation sites excluding steroid dienone is 3. The van der Waals surface area contributed by atoms with Gasteiger partial charge in [-0.15, -0.1) is 0 Å². The molecule has 0 radical (unpaired) electrons. The van der Waals surface area contributed by atoms with Crippen LogP contribution in [0.15, 0.2) is 42.2 Å². The minimum Gasteiger partial charge on any atom is -0.472 e. The largest absolute Gasteiger partial charge is 0.472 e. The quantitative estimate of drug-likeness (QED) is 0.743. The zero-order valence-electron chi connectivity index (χ0n) is 14.0. The lowest BCUT2D eigenvalue weighted by molar-refractivity contribution is -0.120. The monoisotopic (exact) mass is 354 g/mol. The van der Waals surface area contributed by atoms with Crippen LogP contribution in [0.2, 0.25) is 0 Å². The van der Waals surface area contributed by atoms with Crippen molar-refractivity contribution in [3.05, 3.63) is 59.1 Å². The second-order valence-electron chi connectivity index (χ2n) is 6.22. The first-order valence-corrected chi connectivity index (χ1v) is 8.16. The number of rotatable bonds is 7. The highest BCUT2D eigenvalue weighted by molar-refractivity contribution is 5.93. The van der Waals surface area contributed by atoms with Crippen molar-refractivity contribution in [3.8, 4) is 0 Å². The Kier molecular flexibility index (Phi) is 6.82. The van der Waals surface area contributed by atoms with Crippen LogP contribution in [0.5, 0.6) is 0 Å². The highest BCUT2D eigenvalue weighted by atomic mass is 19.3. The summed E-state index contributed by atoms with van der Waals surface area (Å²) >= 11 is 0. The number of halogens is 3. The standard InChI is InChI=1S/C19H21F3O3/c1-12-2-3-13(16(20)8-12)4-5-15-9-14(6-7-19(21)22)17(24)10-18(15)25-11-23/h2-3,7-8,10,14-15,23H,4-6,9,11H2,1H3. The average molecular weight is 354 g/mol. The zero-order valence-corrected chi connectivity index (χ0v) is 14.0. The summed E-state index contributed by atoms with van der Waals surface area (Å²) in [6.07, 6.45) is 1.42. The van der Waals surface area contributed by atoms with Crippen LogP contribution < -0.4 is 0 Å². The molecule has 1 aromatic carbocycles. The topological polar surface area (TPSA) is 46.5 Å².